The first-order valence-corrected chi connectivity index (χ1v) is 9.27. The van der Waals surface area contributed by atoms with E-state index in [-0.39, 0.29) is 5.56 Å². The lowest BCUT2D eigenvalue weighted by molar-refractivity contribution is -0.0544. The maximum absolute atomic E-state index is 14.6. The van der Waals surface area contributed by atoms with E-state index in [1.807, 2.05) is 6.92 Å². The van der Waals surface area contributed by atoms with Crippen LogP contribution in [0, 0.1) is 29.1 Å². The Kier molecular flexibility index (Phi) is 6.53. The molecule has 0 atom stereocenters. The van der Waals surface area contributed by atoms with Crippen molar-refractivity contribution in [3.05, 3.63) is 65.0 Å². The monoisotopic (exact) mass is 430 g/mol. The minimum atomic E-state index is -3.52. The smallest absolute Gasteiger partial charge is 0.387 e. The van der Waals surface area contributed by atoms with Gasteiger partial charge in [-0.25, -0.2) is 22.0 Å². The number of hydrogen-bond acceptors (Lipinski definition) is 1. The highest BCUT2D eigenvalue weighted by atomic mass is 19.3. The van der Waals surface area contributed by atoms with Crippen molar-refractivity contribution in [3.8, 4) is 16.9 Å². The fourth-order valence-electron chi connectivity index (χ4n) is 3.36. The summed E-state index contributed by atoms with van der Waals surface area (Å²) in [5, 5.41) is -1.22. The number of benzene rings is 3. The lowest BCUT2D eigenvalue weighted by Gasteiger charge is -2.13. The lowest BCUT2D eigenvalue weighted by Crippen LogP contribution is -2.06. The van der Waals surface area contributed by atoms with Crippen molar-refractivity contribution in [1.29, 1.82) is 0 Å². The molecule has 0 fully saturated rings. The van der Waals surface area contributed by atoms with Gasteiger partial charge in [0.1, 0.15) is 17.5 Å². The second-order valence-corrected chi connectivity index (χ2v) is 6.83. The molecule has 0 N–H and O–H groups in total. The highest BCUT2D eigenvalue weighted by molar-refractivity contribution is 5.90. The molecule has 0 aliphatic rings. The first-order valence-electron chi connectivity index (χ1n) is 9.27. The van der Waals surface area contributed by atoms with Crippen molar-refractivity contribution < 1.29 is 35.5 Å². The predicted molar refractivity (Wildman–Crippen MR) is 99.0 cm³/mol. The van der Waals surface area contributed by atoms with Crippen molar-refractivity contribution >= 4 is 10.8 Å². The number of hydrogen-bond donors (Lipinski definition) is 0. The Labute approximate surface area is 168 Å². The minimum absolute atomic E-state index is 0.281. The van der Waals surface area contributed by atoms with Gasteiger partial charge >= 0.3 is 6.61 Å². The predicted octanol–water partition coefficient (Wildman–Crippen LogP) is 7.54. The third-order valence-electron chi connectivity index (χ3n) is 4.71. The maximum atomic E-state index is 14.6. The lowest BCUT2D eigenvalue weighted by atomic mass is 9.97. The highest BCUT2D eigenvalue weighted by Crippen LogP contribution is 2.36. The molecule has 8 heteroatoms. The summed E-state index contributed by atoms with van der Waals surface area (Å²) in [6.07, 6.45) is 3.06. The summed E-state index contributed by atoms with van der Waals surface area (Å²) >= 11 is 0. The van der Waals surface area contributed by atoms with Gasteiger partial charge in [0.2, 0.25) is 0 Å². The molecule has 0 unspecified atom stereocenters. The molecule has 3 rings (SSSR count). The molecule has 1 nitrogen and oxygen atoms in total. The summed E-state index contributed by atoms with van der Waals surface area (Å²) in [7, 11) is 0. The van der Waals surface area contributed by atoms with Crippen LogP contribution in [0.25, 0.3) is 21.9 Å². The van der Waals surface area contributed by atoms with Crippen LogP contribution in [0.1, 0.15) is 31.7 Å². The van der Waals surface area contributed by atoms with Crippen molar-refractivity contribution in [2.24, 2.45) is 0 Å². The fourth-order valence-corrected chi connectivity index (χ4v) is 3.36. The van der Waals surface area contributed by atoms with E-state index in [1.54, 1.807) is 0 Å². The van der Waals surface area contributed by atoms with Crippen molar-refractivity contribution in [2.75, 3.05) is 0 Å². The number of fused-ring (bicyclic) bond motifs is 1. The molecular weight excluding hydrogens is 413 g/mol. The average Bonchev–Trinajstić information content (AvgIpc) is 2.64. The van der Waals surface area contributed by atoms with Crippen LogP contribution in [0.4, 0.5) is 30.7 Å². The van der Waals surface area contributed by atoms with Crippen LogP contribution in [0.2, 0.25) is 0 Å². The molecule has 0 saturated heterocycles. The van der Waals surface area contributed by atoms with Gasteiger partial charge in [0, 0.05) is 0 Å². The standard InChI is InChI=1S/C22H17F7O/c1-2-3-4-5-11-6-14(23)18(15(24)7-11)12-8-13-10-17(26)21(30-22(28)29)20(27)19(13)16(25)9-12/h6-10,22H,2-5H2,1H3. The molecule has 0 aliphatic carbocycles. The Morgan fingerprint density at radius 1 is 0.800 bits per heavy atom. The van der Waals surface area contributed by atoms with Crippen LogP contribution >= 0.6 is 0 Å². The molecule has 0 aliphatic heterocycles. The van der Waals surface area contributed by atoms with Crippen molar-refractivity contribution in [3.63, 3.8) is 0 Å². The van der Waals surface area contributed by atoms with Crippen LogP contribution in [-0.4, -0.2) is 6.61 Å². The van der Waals surface area contributed by atoms with Gasteiger partial charge < -0.3 is 4.74 Å². The zero-order chi connectivity index (χ0) is 22.0. The van der Waals surface area contributed by atoms with Gasteiger partial charge in [0.15, 0.2) is 17.4 Å². The minimum Gasteiger partial charge on any atom is -0.429 e. The SMILES string of the molecule is CCCCCc1cc(F)c(-c2cc(F)c3c(F)c(OC(F)F)c(F)cc3c2)c(F)c1. The maximum Gasteiger partial charge on any atom is 0.387 e. The molecular formula is C22H17F7O. The highest BCUT2D eigenvalue weighted by Gasteiger charge is 2.23. The molecule has 3 aromatic carbocycles. The summed E-state index contributed by atoms with van der Waals surface area (Å²) in [5.41, 5.74) is -0.394. The molecule has 0 spiro atoms. The number of halogens is 7. The Bertz CT molecular complexity index is 1060. The summed E-state index contributed by atoms with van der Waals surface area (Å²) in [4.78, 5) is 0. The molecule has 30 heavy (non-hydrogen) atoms. The van der Waals surface area contributed by atoms with Crippen molar-refractivity contribution in [1.82, 2.24) is 0 Å². The number of unbranched alkanes of at least 4 members (excludes halogenated alkanes) is 2. The summed E-state index contributed by atoms with van der Waals surface area (Å²) in [5.74, 6) is -7.79. The second kappa shape index (κ2) is 8.93. The van der Waals surface area contributed by atoms with Crippen LogP contribution < -0.4 is 4.74 Å². The Morgan fingerprint density at radius 2 is 1.47 bits per heavy atom. The molecule has 0 bridgehead atoms. The molecule has 3 aromatic rings. The van der Waals surface area contributed by atoms with E-state index < -0.39 is 57.8 Å². The third kappa shape index (κ3) is 4.37. The van der Waals surface area contributed by atoms with Gasteiger partial charge in [-0.2, -0.15) is 8.78 Å². The summed E-state index contributed by atoms with van der Waals surface area (Å²) < 4.78 is 101. The molecule has 0 heterocycles. The van der Waals surface area contributed by atoms with E-state index in [4.69, 9.17) is 0 Å². The largest absolute Gasteiger partial charge is 0.429 e. The van der Waals surface area contributed by atoms with Gasteiger partial charge in [-0.1, -0.05) is 19.8 Å². The van der Waals surface area contributed by atoms with Gasteiger partial charge in [-0.05, 0) is 59.7 Å². The molecule has 0 saturated carbocycles. The third-order valence-corrected chi connectivity index (χ3v) is 4.71. The van der Waals surface area contributed by atoms with E-state index >= 15 is 0 Å². The second-order valence-electron chi connectivity index (χ2n) is 6.83. The van der Waals surface area contributed by atoms with Crippen LogP contribution in [0.3, 0.4) is 0 Å². The Hall–Kier alpha value is -2.77. The Morgan fingerprint density at radius 3 is 2.07 bits per heavy atom. The number of rotatable bonds is 7. The van der Waals surface area contributed by atoms with E-state index in [0.29, 0.717) is 24.1 Å². The van der Waals surface area contributed by atoms with Gasteiger partial charge in [-0.3, -0.25) is 0 Å². The molecule has 160 valence electrons. The number of aryl methyl sites for hydroxylation is 1. The normalized spacial score (nSPS) is 11.5. The summed E-state index contributed by atoms with van der Waals surface area (Å²) in [6, 6.07) is 4.48. The van der Waals surface area contributed by atoms with Crippen LogP contribution in [0.15, 0.2) is 30.3 Å². The van der Waals surface area contributed by atoms with E-state index in [9.17, 15) is 30.7 Å². The molecule has 0 radical (unpaired) electrons. The van der Waals surface area contributed by atoms with E-state index in [0.717, 1.165) is 37.5 Å². The number of alkyl halides is 2. The van der Waals surface area contributed by atoms with E-state index in [1.165, 1.54) is 0 Å². The quantitative estimate of drug-likeness (QED) is 0.278. The van der Waals surface area contributed by atoms with Crippen LogP contribution in [0.5, 0.6) is 5.75 Å². The molecule has 0 aromatic heterocycles. The summed E-state index contributed by atoms with van der Waals surface area (Å²) in [6.45, 7) is -1.53. The fraction of sp³-hybridized carbons (Fsp3) is 0.273. The Balaban J connectivity index is 2.10. The van der Waals surface area contributed by atoms with Gasteiger partial charge in [-0.15, -0.1) is 0 Å². The van der Waals surface area contributed by atoms with E-state index in [2.05, 4.69) is 4.74 Å². The first-order chi connectivity index (χ1) is 14.2. The molecule has 0 amide bonds. The topological polar surface area (TPSA) is 9.23 Å². The zero-order valence-electron chi connectivity index (χ0n) is 15.8. The first kappa shape index (κ1) is 21.9. The average molecular weight is 430 g/mol. The van der Waals surface area contributed by atoms with Gasteiger partial charge in [0.25, 0.3) is 0 Å². The van der Waals surface area contributed by atoms with Crippen LogP contribution in [-0.2, 0) is 6.42 Å². The van der Waals surface area contributed by atoms with Gasteiger partial charge in [0.05, 0.1) is 10.9 Å². The number of ether oxygens (including phenoxy) is 1. The van der Waals surface area contributed by atoms with Crippen molar-refractivity contribution in [2.45, 2.75) is 39.2 Å². The zero-order valence-corrected chi connectivity index (χ0v) is 15.8.